The molecule has 3 N–H and O–H groups in total. The van der Waals surface area contributed by atoms with E-state index in [-0.39, 0.29) is 0 Å². The van der Waals surface area contributed by atoms with Crippen LogP contribution in [0.15, 0.2) is 0 Å². The third-order valence-electron chi connectivity index (χ3n) is 2.22. The second kappa shape index (κ2) is 10.4. The van der Waals surface area contributed by atoms with Crippen LogP contribution in [0.2, 0.25) is 0 Å². The van der Waals surface area contributed by atoms with E-state index in [1.54, 1.807) is 7.11 Å². The highest BCUT2D eigenvalue weighted by Gasteiger charge is 2.11. The summed E-state index contributed by atoms with van der Waals surface area (Å²) in [5, 5.41) is 3.48. The first-order valence-electron chi connectivity index (χ1n) is 5.77. The van der Waals surface area contributed by atoms with E-state index in [1.807, 2.05) is 6.92 Å². The van der Waals surface area contributed by atoms with Crippen LogP contribution in [0.4, 0.5) is 0 Å². The minimum Gasteiger partial charge on any atom is -0.383 e. The first-order valence-corrected chi connectivity index (χ1v) is 5.77. The van der Waals surface area contributed by atoms with Crippen molar-refractivity contribution in [2.45, 2.75) is 38.8 Å². The van der Waals surface area contributed by atoms with E-state index in [9.17, 15) is 0 Å². The Morgan fingerprint density at radius 2 is 2.07 bits per heavy atom. The molecule has 0 spiro atoms. The van der Waals surface area contributed by atoms with Gasteiger partial charge in [-0.05, 0) is 33.2 Å². The first-order chi connectivity index (χ1) is 7.24. The van der Waals surface area contributed by atoms with Gasteiger partial charge in [0.25, 0.3) is 0 Å². The molecule has 0 aromatic rings. The van der Waals surface area contributed by atoms with Gasteiger partial charge in [-0.1, -0.05) is 0 Å². The monoisotopic (exact) mass is 218 g/mol. The lowest BCUT2D eigenvalue weighted by molar-refractivity contribution is 0.108. The van der Waals surface area contributed by atoms with E-state index >= 15 is 0 Å². The zero-order chi connectivity index (χ0) is 11.5. The zero-order valence-corrected chi connectivity index (χ0v) is 10.3. The highest BCUT2D eigenvalue weighted by molar-refractivity contribution is 4.71. The highest BCUT2D eigenvalue weighted by Crippen LogP contribution is 1.99. The summed E-state index contributed by atoms with van der Waals surface area (Å²) < 4.78 is 10.5. The Balaban J connectivity index is 3.70. The molecule has 0 radical (unpaired) electrons. The molecule has 0 rings (SSSR count). The van der Waals surface area contributed by atoms with Crippen LogP contribution in [-0.2, 0) is 9.47 Å². The van der Waals surface area contributed by atoms with E-state index in [2.05, 4.69) is 12.2 Å². The summed E-state index contributed by atoms with van der Waals surface area (Å²) in [4.78, 5) is 0. The molecule has 0 saturated carbocycles. The summed E-state index contributed by atoms with van der Waals surface area (Å²) in [5.41, 5.74) is 5.49. The maximum Gasteiger partial charge on any atom is 0.0616 e. The Kier molecular flexibility index (Phi) is 10.3. The fourth-order valence-electron chi connectivity index (χ4n) is 1.53. The Bertz CT molecular complexity index is 134. The van der Waals surface area contributed by atoms with Crippen LogP contribution in [0.3, 0.4) is 0 Å². The molecule has 0 fully saturated rings. The lowest BCUT2D eigenvalue weighted by Gasteiger charge is -2.22. The number of nitrogens with one attached hydrogen (secondary N) is 1. The molecule has 2 atom stereocenters. The van der Waals surface area contributed by atoms with E-state index in [0.29, 0.717) is 12.1 Å². The maximum atomic E-state index is 5.49. The third kappa shape index (κ3) is 8.81. The van der Waals surface area contributed by atoms with Gasteiger partial charge < -0.3 is 20.5 Å². The summed E-state index contributed by atoms with van der Waals surface area (Å²) in [6.07, 6.45) is 2.09. The van der Waals surface area contributed by atoms with Crippen molar-refractivity contribution in [3.8, 4) is 0 Å². The van der Waals surface area contributed by atoms with Crippen LogP contribution in [0, 0.1) is 0 Å². The molecule has 0 amide bonds. The molecule has 4 heteroatoms. The molecule has 92 valence electrons. The fourth-order valence-corrected chi connectivity index (χ4v) is 1.53. The van der Waals surface area contributed by atoms with E-state index in [4.69, 9.17) is 15.2 Å². The van der Waals surface area contributed by atoms with Gasteiger partial charge in [0.05, 0.1) is 13.2 Å². The molecule has 0 saturated heterocycles. The van der Waals surface area contributed by atoms with Crippen LogP contribution < -0.4 is 11.1 Å². The summed E-state index contributed by atoms with van der Waals surface area (Å²) in [6.45, 7) is 7.12. The smallest absolute Gasteiger partial charge is 0.0616 e. The van der Waals surface area contributed by atoms with Gasteiger partial charge in [-0.2, -0.15) is 0 Å². The summed E-state index contributed by atoms with van der Waals surface area (Å²) in [7, 11) is 1.73. The average Bonchev–Trinajstić information content (AvgIpc) is 2.23. The molecular formula is C11H26N2O2. The molecule has 0 heterocycles. The number of hydrogen-bond acceptors (Lipinski definition) is 4. The van der Waals surface area contributed by atoms with E-state index < -0.39 is 0 Å². The number of ether oxygens (including phenoxy) is 2. The van der Waals surface area contributed by atoms with Gasteiger partial charge in [-0.15, -0.1) is 0 Å². The fraction of sp³-hybridized carbons (Fsp3) is 1.00. The lowest BCUT2D eigenvalue weighted by atomic mass is 10.1. The molecule has 15 heavy (non-hydrogen) atoms. The van der Waals surface area contributed by atoms with Gasteiger partial charge >= 0.3 is 0 Å². The van der Waals surface area contributed by atoms with Crippen molar-refractivity contribution in [2.24, 2.45) is 5.73 Å². The minimum atomic E-state index is 0.364. The van der Waals surface area contributed by atoms with Crippen LogP contribution in [0.1, 0.15) is 26.7 Å². The molecule has 4 nitrogen and oxygen atoms in total. The predicted molar refractivity (Wildman–Crippen MR) is 63.0 cm³/mol. The van der Waals surface area contributed by atoms with Gasteiger partial charge in [0.2, 0.25) is 0 Å². The van der Waals surface area contributed by atoms with Gasteiger partial charge in [0.15, 0.2) is 0 Å². The van der Waals surface area contributed by atoms with Gasteiger partial charge in [0.1, 0.15) is 0 Å². The molecule has 0 aromatic heterocycles. The van der Waals surface area contributed by atoms with Crippen molar-refractivity contribution in [2.75, 3.05) is 33.5 Å². The standard InChI is InChI=1S/C11H26N2O2/c1-4-15-8-10(2)13-11(9-14-3)6-5-7-12/h10-11,13H,4-9,12H2,1-3H3. The normalized spacial score (nSPS) is 15.2. The van der Waals surface area contributed by atoms with Gasteiger partial charge in [-0.25, -0.2) is 0 Å². The topological polar surface area (TPSA) is 56.5 Å². The largest absolute Gasteiger partial charge is 0.383 e. The quantitative estimate of drug-likeness (QED) is 0.568. The minimum absolute atomic E-state index is 0.364. The molecule has 0 aromatic carbocycles. The average molecular weight is 218 g/mol. The first kappa shape index (κ1) is 14.8. The second-order valence-electron chi connectivity index (χ2n) is 3.81. The number of nitrogens with two attached hydrogens (primary N) is 1. The zero-order valence-electron chi connectivity index (χ0n) is 10.3. The van der Waals surface area contributed by atoms with Crippen molar-refractivity contribution in [3.05, 3.63) is 0 Å². The number of hydrogen-bond donors (Lipinski definition) is 2. The predicted octanol–water partition coefficient (Wildman–Crippen LogP) is 0.755. The summed E-state index contributed by atoms with van der Waals surface area (Å²) >= 11 is 0. The molecule has 0 aliphatic heterocycles. The lowest BCUT2D eigenvalue weighted by Crippen LogP contribution is -2.42. The van der Waals surface area contributed by atoms with Crippen LogP contribution >= 0.6 is 0 Å². The molecular weight excluding hydrogens is 192 g/mol. The molecule has 2 unspecified atom stereocenters. The van der Waals surface area contributed by atoms with Gasteiger partial charge in [0, 0.05) is 25.8 Å². The van der Waals surface area contributed by atoms with Crippen molar-refractivity contribution < 1.29 is 9.47 Å². The van der Waals surface area contributed by atoms with Gasteiger partial charge in [-0.3, -0.25) is 0 Å². The van der Waals surface area contributed by atoms with E-state index in [1.165, 1.54) is 0 Å². The molecule has 0 aliphatic carbocycles. The third-order valence-corrected chi connectivity index (χ3v) is 2.22. The second-order valence-corrected chi connectivity index (χ2v) is 3.81. The van der Waals surface area contributed by atoms with E-state index in [0.717, 1.165) is 39.2 Å². The Morgan fingerprint density at radius 3 is 2.60 bits per heavy atom. The maximum absolute atomic E-state index is 5.49. The SMILES string of the molecule is CCOCC(C)NC(CCCN)COC. The Hall–Kier alpha value is -0.160. The van der Waals surface area contributed by atoms with Crippen molar-refractivity contribution in [1.29, 1.82) is 0 Å². The van der Waals surface area contributed by atoms with Crippen LogP contribution in [-0.4, -0.2) is 45.6 Å². The Morgan fingerprint density at radius 1 is 1.33 bits per heavy atom. The van der Waals surface area contributed by atoms with Crippen molar-refractivity contribution in [3.63, 3.8) is 0 Å². The van der Waals surface area contributed by atoms with Crippen molar-refractivity contribution in [1.82, 2.24) is 5.32 Å². The summed E-state index contributed by atoms with van der Waals surface area (Å²) in [6, 6.07) is 0.747. The number of methoxy groups -OCH3 is 1. The van der Waals surface area contributed by atoms with Crippen LogP contribution in [0.5, 0.6) is 0 Å². The molecule has 0 bridgehead atoms. The van der Waals surface area contributed by atoms with Crippen molar-refractivity contribution >= 4 is 0 Å². The van der Waals surface area contributed by atoms with Crippen LogP contribution in [0.25, 0.3) is 0 Å². The Labute approximate surface area is 93.5 Å². The highest BCUT2D eigenvalue weighted by atomic mass is 16.5. The molecule has 0 aliphatic rings. The number of rotatable bonds is 10. The summed E-state index contributed by atoms with van der Waals surface area (Å²) in [5.74, 6) is 0.